The number of nitrogens with zero attached hydrogens (tertiary/aromatic N) is 4. The molecule has 162 valence electrons. The molecule has 0 aliphatic carbocycles. The van der Waals surface area contributed by atoms with Gasteiger partial charge in [-0.25, -0.2) is 0 Å². The van der Waals surface area contributed by atoms with Crippen molar-refractivity contribution >= 4 is 22.8 Å². The van der Waals surface area contributed by atoms with Gasteiger partial charge in [0, 0.05) is 70.0 Å². The zero-order valence-electron chi connectivity index (χ0n) is 18.1. The number of aryl methyl sites for hydroxylation is 1. The lowest BCUT2D eigenvalue weighted by atomic mass is 10.1. The maximum Gasteiger partial charge on any atom is 0.236 e. The Kier molecular flexibility index (Phi) is 6.89. The smallest absolute Gasteiger partial charge is 0.236 e. The van der Waals surface area contributed by atoms with E-state index in [1.54, 1.807) is 0 Å². The monoisotopic (exact) mass is 410 g/mol. The number of carbonyl (C=O) groups is 1. The van der Waals surface area contributed by atoms with Crippen LogP contribution in [-0.2, 0) is 11.2 Å². The minimum Gasteiger partial charge on any atom is -0.361 e. The Hall–Kier alpha value is -2.54. The number of rotatable bonds is 6. The van der Waals surface area contributed by atoms with Gasteiger partial charge in [0.1, 0.15) is 0 Å². The van der Waals surface area contributed by atoms with Gasteiger partial charge in [0.05, 0.1) is 6.54 Å². The highest BCUT2D eigenvalue weighted by Crippen LogP contribution is 2.18. The van der Waals surface area contributed by atoms with Crippen LogP contribution in [0.1, 0.15) is 24.8 Å². The second kappa shape index (κ2) is 9.98. The van der Waals surface area contributed by atoms with Crippen LogP contribution < -0.4 is 5.32 Å². The Morgan fingerprint density at radius 3 is 2.60 bits per heavy atom. The molecule has 2 fully saturated rings. The number of para-hydroxylation sites is 1. The first-order chi connectivity index (χ1) is 14.7. The minimum absolute atomic E-state index is 0.292. The maximum atomic E-state index is 12.4. The number of hydrogen-bond donors (Lipinski definition) is 2. The Morgan fingerprint density at radius 2 is 1.83 bits per heavy atom. The molecule has 4 rings (SSSR count). The van der Waals surface area contributed by atoms with E-state index in [4.69, 9.17) is 0 Å². The SMILES string of the molecule is CN=C(NCCCc1c[nH]c2ccccc12)N1CCN(CC(=O)N2CCCC2)CC1. The molecule has 0 unspecified atom stereocenters. The van der Waals surface area contributed by atoms with Gasteiger partial charge >= 0.3 is 0 Å². The molecule has 0 spiro atoms. The van der Waals surface area contributed by atoms with E-state index in [1.165, 1.54) is 16.5 Å². The molecular formula is C23H34N6O. The first-order valence-corrected chi connectivity index (χ1v) is 11.3. The molecule has 1 aromatic heterocycles. The molecule has 0 atom stereocenters. The van der Waals surface area contributed by atoms with Gasteiger partial charge in [-0.3, -0.25) is 14.7 Å². The summed E-state index contributed by atoms with van der Waals surface area (Å²) in [6.07, 6.45) is 6.54. The van der Waals surface area contributed by atoms with Crippen molar-refractivity contribution in [1.82, 2.24) is 25.0 Å². The maximum absolute atomic E-state index is 12.4. The Bertz CT molecular complexity index is 861. The number of aromatic amines is 1. The number of hydrogen-bond acceptors (Lipinski definition) is 3. The standard InChI is InChI=1S/C23H34N6O/c1-24-23(25-10-6-7-19-17-26-21-9-3-2-8-20(19)21)29-15-13-27(14-16-29)18-22(30)28-11-4-5-12-28/h2-3,8-9,17,26H,4-7,10-16,18H2,1H3,(H,24,25). The number of amides is 1. The number of H-pyrrole nitrogens is 1. The summed E-state index contributed by atoms with van der Waals surface area (Å²) < 4.78 is 0. The zero-order valence-corrected chi connectivity index (χ0v) is 18.1. The fourth-order valence-electron chi connectivity index (χ4n) is 4.53. The average Bonchev–Trinajstić information content (AvgIpc) is 3.45. The van der Waals surface area contributed by atoms with Crippen LogP contribution in [0.2, 0.25) is 0 Å². The van der Waals surface area contributed by atoms with E-state index in [0.29, 0.717) is 12.5 Å². The van der Waals surface area contributed by atoms with Crippen molar-refractivity contribution in [1.29, 1.82) is 0 Å². The van der Waals surface area contributed by atoms with Gasteiger partial charge < -0.3 is 20.1 Å². The van der Waals surface area contributed by atoms with Crippen molar-refractivity contribution in [2.45, 2.75) is 25.7 Å². The molecule has 2 N–H and O–H groups in total. The normalized spacial score (nSPS) is 18.4. The number of benzene rings is 1. The highest BCUT2D eigenvalue weighted by molar-refractivity contribution is 5.83. The average molecular weight is 411 g/mol. The molecular weight excluding hydrogens is 376 g/mol. The fourth-order valence-corrected chi connectivity index (χ4v) is 4.53. The molecule has 3 heterocycles. The van der Waals surface area contributed by atoms with E-state index in [9.17, 15) is 4.79 Å². The number of aromatic nitrogens is 1. The van der Waals surface area contributed by atoms with Crippen LogP contribution in [0.3, 0.4) is 0 Å². The van der Waals surface area contributed by atoms with Gasteiger partial charge in [-0.2, -0.15) is 0 Å². The van der Waals surface area contributed by atoms with E-state index < -0.39 is 0 Å². The van der Waals surface area contributed by atoms with Crippen LogP contribution in [0.4, 0.5) is 0 Å². The summed E-state index contributed by atoms with van der Waals surface area (Å²) in [5, 5.41) is 4.84. The summed E-state index contributed by atoms with van der Waals surface area (Å²) in [4.78, 5) is 26.8. The summed E-state index contributed by atoms with van der Waals surface area (Å²) in [7, 11) is 1.85. The molecule has 0 saturated carbocycles. The third-order valence-electron chi connectivity index (χ3n) is 6.28. The van der Waals surface area contributed by atoms with Gasteiger partial charge in [-0.1, -0.05) is 18.2 Å². The second-order valence-corrected chi connectivity index (χ2v) is 8.29. The van der Waals surface area contributed by atoms with Gasteiger partial charge in [-0.15, -0.1) is 0 Å². The lowest BCUT2D eigenvalue weighted by Crippen LogP contribution is -2.54. The van der Waals surface area contributed by atoms with Crippen molar-refractivity contribution in [3.63, 3.8) is 0 Å². The predicted octanol–water partition coefficient (Wildman–Crippen LogP) is 1.92. The van der Waals surface area contributed by atoms with E-state index in [0.717, 1.165) is 77.5 Å². The molecule has 1 aromatic carbocycles. The summed E-state index contributed by atoms with van der Waals surface area (Å²) in [6, 6.07) is 8.47. The number of piperazine rings is 1. The fraction of sp³-hybridized carbons (Fsp3) is 0.565. The first-order valence-electron chi connectivity index (χ1n) is 11.3. The molecule has 2 aromatic rings. The zero-order chi connectivity index (χ0) is 20.8. The molecule has 0 radical (unpaired) electrons. The van der Waals surface area contributed by atoms with Gasteiger partial charge in [0.2, 0.25) is 5.91 Å². The number of aliphatic imine (C=N–C) groups is 1. The highest BCUT2D eigenvalue weighted by atomic mass is 16.2. The van der Waals surface area contributed by atoms with Crippen molar-refractivity contribution in [2.24, 2.45) is 4.99 Å². The van der Waals surface area contributed by atoms with Crippen LogP contribution in [0.25, 0.3) is 10.9 Å². The van der Waals surface area contributed by atoms with Gasteiger partial charge in [-0.05, 0) is 37.3 Å². The predicted molar refractivity (Wildman–Crippen MR) is 122 cm³/mol. The van der Waals surface area contributed by atoms with Crippen molar-refractivity contribution in [2.75, 3.05) is 59.4 Å². The van der Waals surface area contributed by atoms with Crippen molar-refractivity contribution in [3.8, 4) is 0 Å². The molecule has 2 aliphatic rings. The largest absolute Gasteiger partial charge is 0.361 e. The van der Waals surface area contributed by atoms with Crippen molar-refractivity contribution in [3.05, 3.63) is 36.0 Å². The topological polar surface area (TPSA) is 67.0 Å². The van der Waals surface area contributed by atoms with Crippen LogP contribution in [0.5, 0.6) is 0 Å². The Labute approximate surface area is 179 Å². The second-order valence-electron chi connectivity index (χ2n) is 8.29. The van der Waals surface area contributed by atoms with Gasteiger partial charge in [0.15, 0.2) is 5.96 Å². The van der Waals surface area contributed by atoms with Crippen molar-refractivity contribution < 1.29 is 4.79 Å². The summed E-state index contributed by atoms with van der Waals surface area (Å²) in [6.45, 7) is 6.99. The molecule has 1 amide bonds. The molecule has 30 heavy (non-hydrogen) atoms. The number of likely N-dealkylation sites (tertiary alicyclic amines) is 1. The quantitative estimate of drug-likeness (QED) is 0.434. The lowest BCUT2D eigenvalue weighted by Gasteiger charge is -2.36. The Morgan fingerprint density at radius 1 is 1.07 bits per heavy atom. The van der Waals surface area contributed by atoms with E-state index >= 15 is 0 Å². The third-order valence-corrected chi connectivity index (χ3v) is 6.28. The molecule has 7 nitrogen and oxygen atoms in total. The van der Waals surface area contributed by atoms with Crippen LogP contribution in [0, 0.1) is 0 Å². The molecule has 0 bridgehead atoms. The van der Waals surface area contributed by atoms with Crippen LogP contribution in [-0.4, -0.2) is 91.0 Å². The molecule has 7 heteroatoms. The van der Waals surface area contributed by atoms with Crippen LogP contribution in [0.15, 0.2) is 35.5 Å². The van der Waals surface area contributed by atoms with Gasteiger partial charge in [0.25, 0.3) is 0 Å². The first kappa shape index (κ1) is 20.7. The third kappa shape index (κ3) is 4.95. The Balaban J connectivity index is 1.18. The van der Waals surface area contributed by atoms with E-state index in [2.05, 4.69) is 55.6 Å². The molecule has 2 saturated heterocycles. The molecule has 2 aliphatic heterocycles. The highest BCUT2D eigenvalue weighted by Gasteiger charge is 2.24. The number of carbonyl (C=O) groups excluding carboxylic acids is 1. The minimum atomic E-state index is 0.292. The summed E-state index contributed by atoms with van der Waals surface area (Å²) >= 11 is 0. The van der Waals surface area contributed by atoms with Crippen LogP contribution >= 0.6 is 0 Å². The van der Waals surface area contributed by atoms with E-state index in [1.807, 2.05) is 11.9 Å². The number of fused-ring (bicyclic) bond motifs is 1. The number of nitrogens with one attached hydrogen (secondary N) is 2. The number of guanidine groups is 1. The summed E-state index contributed by atoms with van der Waals surface area (Å²) in [5.41, 5.74) is 2.58. The van der Waals surface area contributed by atoms with E-state index in [-0.39, 0.29) is 0 Å². The lowest BCUT2D eigenvalue weighted by molar-refractivity contribution is -0.131. The summed E-state index contributed by atoms with van der Waals surface area (Å²) in [5.74, 6) is 1.26.